The number of aryl methyl sites for hydroxylation is 2. The zero-order valence-corrected chi connectivity index (χ0v) is 11.2. The summed E-state index contributed by atoms with van der Waals surface area (Å²) in [4.78, 5) is 11.9. The van der Waals surface area contributed by atoms with Gasteiger partial charge in [-0.05, 0) is 31.9 Å². The van der Waals surface area contributed by atoms with Crippen LogP contribution in [0.2, 0.25) is 0 Å². The molecule has 0 radical (unpaired) electrons. The van der Waals surface area contributed by atoms with Crippen LogP contribution in [0.3, 0.4) is 0 Å². The molecule has 0 fully saturated rings. The molecule has 0 atom stereocenters. The first-order valence-electron chi connectivity index (χ1n) is 6.50. The third-order valence-electron chi connectivity index (χ3n) is 2.95. The van der Waals surface area contributed by atoms with Gasteiger partial charge in [0.1, 0.15) is 0 Å². The smallest absolute Gasteiger partial charge is 0.251 e. The van der Waals surface area contributed by atoms with Gasteiger partial charge in [-0.2, -0.15) is 0 Å². The number of nitrogens with one attached hydrogen (secondary N) is 1. The molecule has 0 aromatic heterocycles. The van der Waals surface area contributed by atoms with Crippen molar-refractivity contribution in [1.29, 1.82) is 0 Å². The average molecular weight is 233 g/mol. The van der Waals surface area contributed by atoms with Gasteiger partial charge in [0, 0.05) is 12.1 Å². The third-order valence-corrected chi connectivity index (χ3v) is 2.95. The lowest BCUT2D eigenvalue weighted by Crippen LogP contribution is -2.25. The van der Waals surface area contributed by atoms with E-state index in [2.05, 4.69) is 12.2 Å². The van der Waals surface area contributed by atoms with Gasteiger partial charge >= 0.3 is 0 Å². The maximum atomic E-state index is 11.9. The number of benzene rings is 1. The van der Waals surface area contributed by atoms with E-state index in [0.717, 1.165) is 29.7 Å². The highest BCUT2D eigenvalue weighted by Gasteiger charge is 2.07. The lowest BCUT2D eigenvalue weighted by molar-refractivity contribution is 0.0952. The number of rotatable bonds is 6. The fourth-order valence-electron chi connectivity index (χ4n) is 1.83. The number of carbonyl (C=O) groups is 1. The van der Waals surface area contributed by atoms with Gasteiger partial charge in [-0.3, -0.25) is 4.79 Å². The van der Waals surface area contributed by atoms with Crippen LogP contribution in [0.1, 0.15) is 54.1 Å². The van der Waals surface area contributed by atoms with Crippen LogP contribution in [-0.4, -0.2) is 12.5 Å². The lowest BCUT2D eigenvalue weighted by atomic mass is 10.1. The summed E-state index contributed by atoms with van der Waals surface area (Å²) in [6.07, 6.45) is 4.75. The standard InChI is InChI=1S/C15H23NO/c1-4-5-6-7-10-16-15(17)14-11-12(2)8-9-13(14)3/h8-9,11H,4-7,10H2,1-3H3,(H,16,17). The Kier molecular flexibility index (Phi) is 5.75. The third kappa shape index (κ3) is 4.59. The molecule has 0 bridgehead atoms. The zero-order valence-electron chi connectivity index (χ0n) is 11.2. The van der Waals surface area contributed by atoms with Crippen LogP contribution >= 0.6 is 0 Å². The van der Waals surface area contributed by atoms with Gasteiger partial charge in [0.05, 0.1) is 0 Å². The molecule has 2 nitrogen and oxygen atoms in total. The summed E-state index contributed by atoms with van der Waals surface area (Å²) in [5.74, 6) is 0.0581. The van der Waals surface area contributed by atoms with Gasteiger partial charge in [-0.15, -0.1) is 0 Å². The van der Waals surface area contributed by atoms with Gasteiger partial charge < -0.3 is 5.32 Å². The molecule has 0 aliphatic rings. The lowest BCUT2D eigenvalue weighted by Gasteiger charge is -2.08. The van der Waals surface area contributed by atoms with E-state index in [-0.39, 0.29) is 5.91 Å². The minimum atomic E-state index is 0.0581. The Morgan fingerprint density at radius 2 is 1.94 bits per heavy atom. The molecule has 0 unspecified atom stereocenters. The van der Waals surface area contributed by atoms with Crippen LogP contribution in [0.4, 0.5) is 0 Å². The molecule has 0 saturated carbocycles. The minimum Gasteiger partial charge on any atom is -0.352 e. The fraction of sp³-hybridized carbons (Fsp3) is 0.533. The molecule has 0 aliphatic heterocycles. The van der Waals surface area contributed by atoms with Gasteiger partial charge in [0.15, 0.2) is 0 Å². The van der Waals surface area contributed by atoms with Crippen LogP contribution in [-0.2, 0) is 0 Å². The highest BCUT2D eigenvalue weighted by molar-refractivity contribution is 5.95. The van der Waals surface area contributed by atoms with Crippen molar-refractivity contribution in [3.63, 3.8) is 0 Å². The first-order chi connectivity index (χ1) is 8.15. The number of amides is 1. The molecule has 1 rings (SSSR count). The van der Waals surface area contributed by atoms with E-state index in [9.17, 15) is 4.79 Å². The normalized spacial score (nSPS) is 10.3. The first kappa shape index (κ1) is 13.8. The Morgan fingerprint density at radius 1 is 1.18 bits per heavy atom. The van der Waals surface area contributed by atoms with Crippen molar-refractivity contribution in [1.82, 2.24) is 5.32 Å². The van der Waals surface area contributed by atoms with Crippen molar-refractivity contribution in [3.05, 3.63) is 34.9 Å². The Morgan fingerprint density at radius 3 is 2.65 bits per heavy atom. The van der Waals surface area contributed by atoms with Gasteiger partial charge in [0.25, 0.3) is 5.91 Å². The highest BCUT2D eigenvalue weighted by atomic mass is 16.1. The second kappa shape index (κ2) is 7.10. The molecule has 2 heteroatoms. The van der Waals surface area contributed by atoms with Crippen LogP contribution in [0, 0.1) is 13.8 Å². The van der Waals surface area contributed by atoms with Gasteiger partial charge in [0.2, 0.25) is 0 Å². The molecule has 0 aliphatic carbocycles. The average Bonchev–Trinajstić information content (AvgIpc) is 2.32. The Bertz CT molecular complexity index is 371. The van der Waals surface area contributed by atoms with Crippen LogP contribution in [0.5, 0.6) is 0 Å². The summed E-state index contributed by atoms with van der Waals surface area (Å²) in [5.41, 5.74) is 2.98. The largest absolute Gasteiger partial charge is 0.352 e. The molecular weight excluding hydrogens is 210 g/mol. The van der Waals surface area contributed by atoms with E-state index >= 15 is 0 Å². The van der Waals surface area contributed by atoms with Crippen molar-refractivity contribution in [2.24, 2.45) is 0 Å². The SMILES string of the molecule is CCCCCCNC(=O)c1cc(C)ccc1C. The van der Waals surface area contributed by atoms with E-state index in [1.54, 1.807) is 0 Å². The number of unbranched alkanes of at least 4 members (excludes halogenated alkanes) is 3. The van der Waals surface area contributed by atoms with Gasteiger partial charge in [-0.25, -0.2) is 0 Å². The zero-order chi connectivity index (χ0) is 12.7. The second-order valence-corrected chi connectivity index (χ2v) is 4.63. The highest BCUT2D eigenvalue weighted by Crippen LogP contribution is 2.10. The number of hydrogen-bond acceptors (Lipinski definition) is 1. The Hall–Kier alpha value is -1.31. The summed E-state index contributed by atoms with van der Waals surface area (Å²) in [6.45, 7) is 6.96. The summed E-state index contributed by atoms with van der Waals surface area (Å²) in [6, 6.07) is 5.99. The molecule has 0 spiro atoms. The Balaban J connectivity index is 2.44. The van der Waals surface area contributed by atoms with Crippen molar-refractivity contribution < 1.29 is 4.79 Å². The molecule has 0 heterocycles. The molecule has 1 aromatic rings. The minimum absolute atomic E-state index is 0.0581. The van der Waals surface area contributed by atoms with Crippen LogP contribution < -0.4 is 5.32 Å². The quantitative estimate of drug-likeness (QED) is 0.747. The monoisotopic (exact) mass is 233 g/mol. The summed E-state index contributed by atoms with van der Waals surface area (Å²) >= 11 is 0. The van der Waals surface area contributed by atoms with Crippen LogP contribution in [0.25, 0.3) is 0 Å². The van der Waals surface area contributed by atoms with E-state index in [1.807, 2.05) is 32.0 Å². The first-order valence-corrected chi connectivity index (χ1v) is 6.50. The van der Waals surface area contributed by atoms with Gasteiger partial charge in [-0.1, -0.05) is 43.9 Å². The van der Waals surface area contributed by atoms with Crippen LogP contribution in [0.15, 0.2) is 18.2 Å². The molecule has 1 N–H and O–H groups in total. The number of hydrogen-bond donors (Lipinski definition) is 1. The molecular formula is C15H23NO. The predicted molar refractivity (Wildman–Crippen MR) is 72.4 cm³/mol. The molecule has 1 amide bonds. The molecule has 17 heavy (non-hydrogen) atoms. The molecule has 0 saturated heterocycles. The van der Waals surface area contributed by atoms with E-state index < -0.39 is 0 Å². The second-order valence-electron chi connectivity index (χ2n) is 4.63. The van der Waals surface area contributed by atoms with Crippen molar-refractivity contribution in [3.8, 4) is 0 Å². The van der Waals surface area contributed by atoms with Crippen molar-refractivity contribution >= 4 is 5.91 Å². The van der Waals surface area contributed by atoms with Crippen molar-refractivity contribution in [2.45, 2.75) is 46.5 Å². The van der Waals surface area contributed by atoms with Crippen molar-refractivity contribution in [2.75, 3.05) is 6.54 Å². The fourth-order valence-corrected chi connectivity index (χ4v) is 1.83. The predicted octanol–water partition coefficient (Wildman–Crippen LogP) is 3.61. The Labute approximate surface area is 104 Å². The summed E-state index contributed by atoms with van der Waals surface area (Å²) < 4.78 is 0. The maximum Gasteiger partial charge on any atom is 0.251 e. The van der Waals surface area contributed by atoms with E-state index in [0.29, 0.717) is 0 Å². The maximum absolute atomic E-state index is 11.9. The summed E-state index contributed by atoms with van der Waals surface area (Å²) in [7, 11) is 0. The molecule has 1 aromatic carbocycles. The molecule has 94 valence electrons. The van der Waals surface area contributed by atoms with E-state index in [1.165, 1.54) is 19.3 Å². The number of carbonyl (C=O) groups excluding carboxylic acids is 1. The van der Waals surface area contributed by atoms with E-state index in [4.69, 9.17) is 0 Å². The topological polar surface area (TPSA) is 29.1 Å². The summed E-state index contributed by atoms with van der Waals surface area (Å²) in [5, 5.41) is 2.99.